The van der Waals surface area contributed by atoms with Crippen molar-refractivity contribution in [3.63, 3.8) is 0 Å². The van der Waals surface area contributed by atoms with Gasteiger partial charge in [0.2, 0.25) is 5.95 Å². The molecular weight excluding hydrogens is 324 g/mol. The number of rotatable bonds is 6. The van der Waals surface area contributed by atoms with E-state index in [-0.39, 0.29) is 5.91 Å². The van der Waals surface area contributed by atoms with Crippen molar-refractivity contribution in [2.75, 3.05) is 11.9 Å². The van der Waals surface area contributed by atoms with Gasteiger partial charge in [0.15, 0.2) is 0 Å². The molecule has 3 rings (SSSR count). The molecule has 0 radical (unpaired) electrons. The van der Waals surface area contributed by atoms with E-state index < -0.39 is 0 Å². The van der Waals surface area contributed by atoms with Crippen molar-refractivity contribution in [1.82, 2.24) is 15.3 Å². The first kappa shape index (κ1) is 17.6. The number of benzene rings is 2. The minimum Gasteiger partial charge on any atom is -0.347 e. The van der Waals surface area contributed by atoms with Crippen LogP contribution < -0.4 is 10.2 Å². The third-order valence-electron chi connectivity index (χ3n) is 4.02. The van der Waals surface area contributed by atoms with E-state index in [1.165, 1.54) is 5.56 Å². The normalized spacial score (nSPS) is 10.4. The molecule has 0 aliphatic carbocycles. The maximum absolute atomic E-state index is 12.4. The van der Waals surface area contributed by atoms with E-state index in [0.717, 1.165) is 11.1 Å². The molecule has 2 aromatic carbocycles. The van der Waals surface area contributed by atoms with Gasteiger partial charge in [-0.3, -0.25) is 4.79 Å². The minimum atomic E-state index is -0.205. The third-order valence-corrected chi connectivity index (χ3v) is 4.02. The summed E-state index contributed by atoms with van der Waals surface area (Å²) >= 11 is 0. The molecule has 1 amide bonds. The van der Waals surface area contributed by atoms with Crippen LogP contribution in [0.15, 0.2) is 66.9 Å². The lowest BCUT2D eigenvalue weighted by molar-refractivity contribution is 0.0946. The van der Waals surface area contributed by atoms with Gasteiger partial charge in [-0.05, 0) is 24.1 Å². The maximum atomic E-state index is 12.4. The molecule has 0 fully saturated rings. The van der Waals surface area contributed by atoms with Crippen LogP contribution in [0.5, 0.6) is 0 Å². The summed E-state index contributed by atoms with van der Waals surface area (Å²) in [6, 6.07) is 19.8. The molecule has 5 nitrogen and oxygen atoms in total. The van der Waals surface area contributed by atoms with Gasteiger partial charge in [0.25, 0.3) is 5.91 Å². The molecular formula is C21H22N4O. The van der Waals surface area contributed by atoms with Crippen molar-refractivity contribution in [3.8, 4) is 0 Å². The number of nitrogens with zero attached hydrogens (tertiary/aromatic N) is 3. The Hall–Kier alpha value is -3.21. The van der Waals surface area contributed by atoms with E-state index in [0.29, 0.717) is 24.7 Å². The molecule has 0 saturated carbocycles. The first-order chi connectivity index (χ1) is 12.6. The quantitative estimate of drug-likeness (QED) is 0.744. The van der Waals surface area contributed by atoms with Crippen molar-refractivity contribution < 1.29 is 4.79 Å². The Balaban J connectivity index is 1.65. The molecule has 0 aliphatic heterocycles. The summed E-state index contributed by atoms with van der Waals surface area (Å²) in [4.78, 5) is 23.0. The van der Waals surface area contributed by atoms with Crippen LogP contribution in [0.2, 0.25) is 0 Å². The van der Waals surface area contributed by atoms with Crippen LogP contribution in [0.3, 0.4) is 0 Å². The molecule has 26 heavy (non-hydrogen) atoms. The van der Waals surface area contributed by atoms with Gasteiger partial charge >= 0.3 is 0 Å². The Morgan fingerprint density at radius 1 is 1.04 bits per heavy atom. The van der Waals surface area contributed by atoms with Crippen LogP contribution >= 0.6 is 0 Å². The van der Waals surface area contributed by atoms with E-state index in [4.69, 9.17) is 0 Å². The largest absolute Gasteiger partial charge is 0.347 e. The van der Waals surface area contributed by atoms with Crippen LogP contribution in [-0.4, -0.2) is 22.9 Å². The van der Waals surface area contributed by atoms with Gasteiger partial charge in [0.05, 0.1) is 0 Å². The van der Waals surface area contributed by atoms with Gasteiger partial charge in [-0.1, -0.05) is 60.2 Å². The second-order valence-corrected chi connectivity index (χ2v) is 6.26. The van der Waals surface area contributed by atoms with Crippen LogP contribution in [0.25, 0.3) is 0 Å². The maximum Gasteiger partial charge on any atom is 0.270 e. The second-order valence-electron chi connectivity index (χ2n) is 6.26. The smallest absolute Gasteiger partial charge is 0.270 e. The predicted molar refractivity (Wildman–Crippen MR) is 103 cm³/mol. The number of amides is 1. The highest BCUT2D eigenvalue weighted by Gasteiger charge is 2.11. The average molecular weight is 346 g/mol. The first-order valence-corrected chi connectivity index (χ1v) is 8.53. The van der Waals surface area contributed by atoms with Crippen molar-refractivity contribution in [2.24, 2.45) is 0 Å². The number of carbonyl (C=O) groups is 1. The molecule has 0 atom stereocenters. The highest BCUT2D eigenvalue weighted by atomic mass is 16.1. The summed E-state index contributed by atoms with van der Waals surface area (Å²) in [6.07, 6.45) is 1.62. The topological polar surface area (TPSA) is 58.1 Å². The number of nitrogens with one attached hydrogen (secondary N) is 1. The molecule has 0 aliphatic rings. The number of aromatic nitrogens is 2. The van der Waals surface area contributed by atoms with Crippen LogP contribution in [0, 0.1) is 6.92 Å². The van der Waals surface area contributed by atoms with Crippen molar-refractivity contribution in [2.45, 2.75) is 20.0 Å². The SMILES string of the molecule is Cc1cccc(CNC(=O)c2ccnc(N(C)Cc3ccccc3)n2)c1. The highest BCUT2D eigenvalue weighted by Crippen LogP contribution is 2.11. The summed E-state index contributed by atoms with van der Waals surface area (Å²) in [6.45, 7) is 3.18. The predicted octanol–water partition coefficient (Wildman–Crippen LogP) is 3.35. The zero-order valence-corrected chi connectivity index (χ0v) is 15.0. The van der Waals surface area contributed by atoms with Crippen molar-refractivity contribution in [3.05, 3.63) is 89.2 Å². The van der Waals surface area contributed by atoms with Crippen molar-refractivity contribution in [1.29, 1.82) is 0 Å². The number of aryl methyl sites for hydroxylation is 1. The zero-order chi connectivity index (χ0) is 18.4. The van der Waals surface area contributed by atoms with Crippen LogP contribution in [0.1, 0.15) is 27.2 Å². The summed E-state index contributed by atoms with van der Waals surface area (Å²) in [5.41, 5.74) is 3.76. The second kappa shape index (κ2) is 8.25. The van der Waals surface area contributed by atoms with E-state index in [2.05, 4.69) is 33.5 Å². The highest BCUT2D eigenvalue weighted by molar-refractivity contribution is 5.92. The summed E-state index contributed by atoms with van der Waals surface area (Å²) in [5.74, 6) is 0.320. The fourth-order valence-corrected chi connectivity index (χ4v) is 2.68. The number of carbonyl (C=O) groups excluding carboxylic acids is 1. The molecule has 5 heteroatoms. The fraction of sp³-hybridized carbons (Fsp3) is 0.190. The van der Waals surface area contributed by atoms with Crippen LogP contribution in [-0.2, 0) is 13.1 Å². The Kier molecular flexibility index (Phi) is 5.59. The van der Waals surface area contributed by atoms with Gasteiger partial charge in [0, 0.05) is 26.3 Å². The summed E-state index contributed by atoms with van der Waals surface area (Å²) in [7, 11) is 1.91. The third kappa shape index (κ3) is 4.66. The van der Waals surface area contributed by atoms with E-state index in [1.54, 1.807) is 12.3 Å². The number of hydrogen-bond acceptors (Lipinski definition) is 4. The standard InChI is InChI=1S/C21H22N4O/c1-16-7-6-10-18(13-16)14-23-20(26)19-11-12-22-21(24-19)25(2)15-17-8-4-3-5-9-17/h3-13H,14-15H2,1-2H3,(H,23,26). The number of anilines is 1. The summed E-state index contributed by atoms with van der Waals surface area (Å²) < 4.78 is 0. The van der Waals surface area contributed by atoms with Gasteiger partial charge < -0.3 is 10.2 Å². The monoisotopic (exact) mass is 346 g/mol. The van der Waals surface area contributed by atoms with Gasteiger partial charge in [-0.15, -0.1) is 0 Å². The lowest BCUT2D eigenvalue weighted by Gasteiger charge is -2.17. The summed E-state index contributed by atoms with van der Waals surface area (Å²) in [5, 5.41) is 2.91. The Morgan fingerprint density at radius 2 is 1.81 bits per heavy atom. The average Bonchev–Trinajstić information content (AvgIpc) is 2.67. The van der Waals surface area contributed by atoms with Gasteiger partial charge in [-0.2, -0.15) is 0 Å². The molecule has 1 heterocycles. The fourth-order valence-electron chi connectivity index (χ4n) is 2.68. The molecule has 0 bridgehead atoms. The molecule has 132 valence electrons. The Labute approximate surface area is 153 Å². The van der Waals surface area contributed by atoms with E-state index in [9.17, 15) is 4.79 Å². The van der Waals surface area contributed by atoms with E-state index in [1.807, 2.05) is 55.3 Å². The Bertz CT molecular complexity index is 880. The van der Waals surface area contributed by atoms with E-state index >= 15 is 0 Å². The first-order valence-electron chi connectivity index (χ1n) is 8.53. The molecule has 3 aromatic rings. The minimum absolute atomic E-state index is 0.205. The molecule has 0 spiro atoms. The molecule has 1 aromatic heterocycles. The molecule has 0 unspecified atom stereocenters. The lowest BCUT2D eigenvalue weighted by atomic mass is 10.1. The Morgan fingerprint density at radius 3 is 2.58 bits per heavy atom. The lowest BCUT2D eigenvalue weighted by Crippen LogP contribution is -2.26. The zero-order valence-electron chi connectivity index (χ0n) is 15.0. The van der Waals surface area contributed by atoms with Crippen molar-refractivity contribution >= 4 is 11.9 Å². The molecule has 1 N–H and O–H groups in total. The number of hydrogen-bond donors (Lipinski definition) is 1. The van der Waals surface area contributed by atoms with Crippen LogP contribution in [0.4, 0.5) is 5.95 Å². The molecule has 0 saturated heterocycles. The van der Waals surface area contributed by atoms with Gasteiger partial charge in [-0.25, -0.2) is 9.97 Å². The van der Waals surface area contributed by atoms with Gasteiger partial charge in [0.1, 0.15) is 5.69 Å².